The number of hydrogen-bond acceptors (Lipinski definition) is 3. The van der Waals surface area contributed by atoms with Gasteiger partial charge in [0.05, 0.1) is 6.61 Å². The molecule has 0 rings (SSSR count). The van der Waals surface area contributed by atoms with Crippen LogP contribution in [0.4, 0.5) is 0 Å². The van der Waals surface area contributed by atoms with Crippen LogP contribution in [-0.2, 0) is 14.3 Å². The van der Waals surface area contributed by atoms with Crippen molar-refractivity contribution in [2.45, 2.75) is 39.7 Å². The molecule has 0 spiro atoms. The standard InChI is InChI=1S/C11H21NO4/c1-4-6-16-7-5-9(13)12-10(8(2)3)11(14)15/h8,10H,4-7H2,1-3H3,(H,12,13)(H,14,15). The molecule has 0 aromatic heterocycles. The van der Waals surface area contributed by atoms with Gasteiger partial charge in [0.25, 0.3) is 0 Å². The van der Waals surface area contributed by atoms with Crippen LogP contribution in [0.2, 0.25) is 0 Å². The summed E-state index contributed by atoms with van der Waals surface area (Å²) in [7, 11) is 0. The zero-order valence-corrected chi connectivity index (χ0v) is 10.2. The number of amides is 1. The predicted octanol–water partition coefficient (Wildman–Crippen LogP) is 1.03. The second-order valence-electron chi connectivity index (χ2n) is 3.99. The number of nitrogens with one attached hydrogen (secondary N) is 1. The number of ether oxygens (including phenoxy) is 1. The molecular formula is C11H21NO4. The number of hydrogen-bond donors (Lipinski definition) is 2. The summed E-state index contributed by atoms with van der Waals surface area (Å²) in [6, 6.07) is -0.821. The van der Waals surface area contributed by atoms with Crippen LogP contribution in [0.25, 0.3) is 0 Å². The minimum Gasteiger partial charge on any atom is -0.480 e. The lowest BCUT2D eigenvalue weighted by Crippen LogP contribution is -2.44. The highest BCUT2D eigenvalue weighted by Gasteiger charge is 2.22. The Bertz CT molecular complexity index is 228. The smallest absolute Gasteiger partial charge is 0.326 e. The van der Waals surface area contributed by atoms with Gasteiger partial charge in [-0.15, -0.1) is 0 Å². The molecular weight excluding hydrogens is 210 g/mol. The molecule has 1 amide bonds. The van der Waals surface area contributed by atoms with Crippen molar-refractivity contribution in [3.63, 3.8) is 0 Å². The van der Waals surface area contributed by atoms with Gasteiger partial charge in [-0.05, 0) is 12.3 Å². The van der Waals surface area contributed by atoms with Crippen LogP contribution in [0.1, 0.15) is 33.6 Å². The van der Waals surface area contributed by atoms with Gasteiger partial charge in [-0.25, -0.2) is 4.79 Å². The van der Waals surface area contributed by atoms with Crippen molar-refractivity contribution in [2.24, 2.45) is 5.92 Å². The minimum atomic E-state index is -1.00. The van der Waals surface area contributed by atoms with Crippen LogP contribution in [0.5, 0.6) is 0 Å². The van der Waals surface area contributed by atoms with E-state index in [1.165, 1.54) is 0 Å². The predicted molar refractivity (Wildman–Crippen MR) is 60.1 cm³/mol. The molecule has 0 aliphatic carbocycles. The molecule has 1 unspecified atom stereocenters. The van der Waals surface area contributed by atoms with Gasteiger partial charge in [0.1, 0.15) is 6.04 Å². The monoisotopic (exact) mass is 231 g/mol. The summed E-state index contributed by atoms with van der Waals surface area (Å²) in [6.07, 6.45) is 1.11. The third-order valence-electron chi connectivity index (χ3n) is 2.07. The third kappa shape index (κ3) is 6.40. The largest absolute Gasteiger partial charge is 0.480 e. The van der Waals surface area contributed by atoms with E-state index in [1.807, 2.05) is 6.92 Å². The van der Waals surface area contributed by atoms with Gasteiger partial charge in [-0.2, -0.15) is 0 Å². The number of carboxylic acids is 1. The second kappa shape index (κ2) is 8.10. The number of carbonyl (C=O) groups is 2. The molecule has 2 N–H and O–H groups in total. The van der Waals surface area contributed by atoms with E-state index in [4.69, 9.17) is 9.84 Å². The van der Waals surface area contributed by atoms with Crippen LogP contribution in [-0.4, -0.2) is 36.2 Å². The Morgan fingerprint density at radius 2 is 1.94 bits per heavy atom. The first-order chi connectivity index (χ1) is 7.49. The maximum absolute atomic E-state index is 11.4. The molecule has 0 saturated heterocycles. The van der Waals surface area contributed by atoms with Crippen molar-refractivity contribution >= 4 is 11.9 Å². The molecule has 0 saturated carbocycles. The summed E-state index contributed by atoms with van der Waals surface area (Å²) >= 11 is 0. The second-order valence-corrected chi connectivity index (χ2v) is 3.99. The Kier molecular flexibility index (Phi) is 7.54. The third-order valence-corrected chi connectivity index (χ3v) is 2.07. The molecule has 0 fully saturated rings. The van der Waals surface area contributed by atoms with E-state index in [-0.39, 0.29) is 18.2 Å². The van der Waals surface area contributed by atoms with E-state index in [9.17, 15) is 9.59 Å². The van der Waals surface area contributed by atoms with E-state index in [0.717, 1.165) is 6.42 Å². The van der Waals surface area contributed by atoms with Crippen LogP contribution < -0.4 is 5.32 Å². The van der Waals surface area contributed by atoms with Gasteiger partial charge in [0, 0.05) is 13.0 Å². The highest BCUT2D eigenvalue weighted by molar-refractivity contribution is 5.83. The van der Waals surface area contributed by atoms with Crippen molar-refractivity contribution in [1.82, 2.24) is 5.32 Å². The number of aliphatic carboxylic acids is 1. The molecule has 0 bridgehead atoms. The van der Waals surface area contributed by atoms with Crippen LogP contribution in [0.15, 0.2) is 0 Å². The van der Waals surface area contributed by atoms with Gasteiger partial charge >= 0.3 is 5.97 Å². The molecule has 0 heterocycles. The molecule has 0 radical (unpaired) electrons. The number of rotatable bonds is 8. The van der Waals surface area contributed by atoms with Crippen LogP contribution >= 0.6 is 0 Å². The van der Waals surface area contributed by atoms with Crippen molar-refractivity contribution < 1.29 is 19.4 Å². The average molecular weight is 231 g/mol. The maximum atomic E-state index is 11.4. The van der Waals surface area contributed by atoms with Crippen molar-refractivity contribution in [3.05, 3.63) is 0 Å². The number of carboxylic acid groups (broad SMARTS) is 1. The van der Waals surface area contributed by atoms with E-state index >= 15 is 0 Å². The Morgan fingerprint density at radius 3 is 2.38 bits per heavy atom. The Labute approximate surface area is 96.2 Å². The fourth-order valence-corrected chi connectivity index (χ4v) is 1.17. The highest BCUT2D eigenvalue weighted by atomic mass is 16.5. The van der Waals surface area contributed by atoms with Gasteiger partial charge < -0.3 is 15.2 Å². The Balaban J connectivity index is 3.87. The Hall–Kier alpha value is -1.10. The minimum absolute atomic E-state index is 0.127. The zero-order valence-electron chi connectivity index (χ0n) is 10.2. The number of carbonyl (C=O) groups excluding carboxylic acids is 1. The Morgan fingerprint density at radius 1 is 1.31 bits per heavy atom. The first-order valence-corrected chi connectivity index (χ1v) is 5.59. The quantitative estimate of drug-likeness (QED) is 0.612. The lowest BCUT2D eigenvalue weighted by molar-refractivity contribution is -0.143. The average Bonchev–Trinajstić information content (AvgIpc) is 2.20. The van der Waals surface area contributed by atoms with Crippen molar-refractivity contribution in [1.29, 1.82) is 0 Å². The highest BCUT2D eigenvalue weighted by Crippen LogP contribution is 2.02. The first-order valence-electron chi connectivity index (χ1n) is 5.59. The lowest BCUT2D eigenvalue weighted by Gasteiger charge is -2.17. The zero-order chi connectivity index (χ0) is 12.6. The summed E-state index contributed by atoms with van der Waals surface area (Å²) in [6.45, 7) is 6.46. The van der Waals surface area contributed by atoms with Gasteiger partial charge in [-0.3, -0.25) is 4.79 Å². The van der Waals surface area contributed by atoms with E-state index in [2.05, 4.69) is 5.32 Å². The molecule has 0 aromatic carbocycles. The normalized spacial score (nSPS) is 12.5. The van der Waals surface area contributed by atoms with Crippen LogP contribution in [0.3, 0.4) is 0 Å². The first kappa shape index (κ1) is 14.9. The van der Waals surface area contributed by atoms with E-state index < -0.39 is 12.0 Å². The molecule has 0 aliphatic rings. The molecule has 5 heteroatoms. The summed E-state index contributed by atoms with van der Waals surface area (Å²) in [5, 5.41) is 11.3. The van der Waals surface area contributed by atoms with Gasteiger partial charge in [0.2, 0.25) is 5.91 Å². The van der Waals surface area contributed by atoms with E-state index in [1.54, 1.807) is 13.8 Å². The molecule has 5 nitrogen and oxygen atoms in total. The fourth-order valence-electron chi connectivity index (χ4n) is 1.17. The molecule has 0 aliphatic heterocycles. The summed E-state index contributed by atoms with van der Waals surface area (Å²) in [5.74, 6) is -1.41. The fraction of sp³-hybridized carbons (Fsp3) is 0.818. The summed E-state index contributed by atoms with van der Waals surface area (Å²) in [5.41, 5.74) is 0. The summed E-state index contributed by atoms with van der Waals surface area (Å²) in [4.78, 5) is 22.2. The van der Waals surface area contributed by atoms with Crippen LogP contribution in [0, 0.1) is 5.92 Å². The lowest BCUT2D eigenvalue weighted by atomic mass is 10.0. The molecule has 16 heavy (non-hydrogen) atoms. The molecule has 0 aromatic rings. The summed E-state index contributed by atoms with van der Waals surface area (Å²) < 4.78 is 5.15. The molecule has 1 atom stereocenters. The topological polar surface area (TPSA) is 75.6 Å². The van der Waals surface area contributed by atoms with Crippen molar-refractivity contribution in [2.75, 3.05) is 13.2 Å². The maximum Gasteiger partial charge on any atom is 0.326 e. The SMILES string of the molecule is CCCOCCC(=O)NC(C(=O)O)C(C)C. The van der Waals surface area contributed by atoms with Gasteiger partial charge in [-0.1, -0.05) is 20.8 Å². The van der Waals surface area contributed by atoms with Crippen molar-refractivity contribution in [3.8, 4) is 0 Å². The molecule has 94 valence electrons. The van der Waals surface area contributed by atoms with Gasteiger partial charge in [0.15, 0.2) is 0 Å². The van der Waals surface area contributed by atoms with E-state index in [0.29, 0.717) is 13.2 Å².